The van der Waals surface area contributed by atoms with E-state index in [0.29, 0.717) is 0 Å². The summed E-state index contributed by atoms with van der Waals surface area (Å²) in [5.74, 6) is 0. The molecule has 0 amide bonds. The van der Waals surface area contributed by atoms with Crippen LogP contribution in [-0.2, 0) is 19.8 Å². The third-order valence-electron chi connectivity index (χ3n) is 0. The van der Waals surface area contributed by atoms with E-state index in [1.54, 1.807) is 0 Å². The normalized spacial score (nSPS) is 0. The second-order valence-electron chi connectivity index (χ2n) is 0. The first-order valence-electron chi connectivity index (χ1n) is 0. The fraction of sp³-hybridized carbons (Fsp3) is 0. The van der Waals surface area contributed by atoms with Crippen LogP contribution >= 0.6 is 0 Å². The van der Waals surface area contributed by atoms with Crippen LogP contribution in [0.2, 0.25) is 0 Å². The van der Waals surface area contributed by atoms with E-state index in [1.807, 2.05) is 0 Å². The number of hydrogen-bond acceptors (Lipinski definition) is 0. The van der Waals surface area contributed by atoms with Crippen LogP contribution in [0.5, 0.6) is 0 Å². The van der Waals surface area contributed by atoms with Crippen molar-refractivity contribution in [2.45, 2.75) is 0 Å². The van der Waals surface area contributed by atoms with Crippen LogP contribution in [0.1, 0.15) is 0 Å². The molecule has 2 nitrogen and oxygen atoms in total. The number of hydrogen-bond donors (Lipinski definition) is 0. The van der Waals surface area contributed by atoms with Crippen LogP contribution in [0.3, 0.4) is 0 Å². The predicted octanol–water partition coefficient (Wildman–Crippen LogP) is -4.65. The van der Waals surface area contributed by atoms with Crippen molar-refractivity contribution in [1.82, 2.24) is 0 Å². The molecule has 0 heterocycles. The Balaban J connectivity index is 0. The van der Waals surface area contributed by atoms with Gasteiger partial charge in [0, 0.05) is 0 Å². The number of rotatable bonds is 0. The quantitative estimate of drug-likeness (QED) is 0.396. The Labute approximate surface area is 80.4 Å². The molecule has 0 unspecified atom stereocenters. The molecule has 0 spiro atoms. The minimum absolute atomic E-state index is 0. The molecule has 0 saturated heterocycles. The van der Waals surface area contributed by atoms with E-state index in [9.17, 15) is 0 Å². The van der Waals surface area contributed by atoms with Crippen LogP contribution < -0.4 is 51.4 Å². The summed E-state index contributed by atoms with van der Waals surface area (Å²) in [6.45, 7) is 0. The van der Waals surface area contributed by atoms with Gasteiger partial charge in [0.2, 0.25) is 0 Å². The largest absolute Gasteiger partial charge is 4.00 e. The smallest absolute Gasteiger partial charge is 0.412 e. The first-order chi connectivity index (χ1) is 0. The van der Waals surface area contributed by atoms with Crippen molar-refractivity contribution < 1.29 is 82.1 Å². The Morgan fingerprint density at radius 1 is 0.750 bits per heavy atom. The van der Waals surface area contributed by atoms with E-state index in [4.69, 9.17) is 0 Å². The predicted molar refractivity (Wildman–Crippen MR) is 7.23 cm³/mol. The first-order valence-corrected chi connectivity index (χ1v) is 0. The molecule has 0 atom stereocenters. The zero-order chi connectivity index (χ0) is 0. The summed E-state index contributed by atoms with van der Waals surface area (Å²) >= 11 is 0. The Morgan fingerprint density at radius 2 is 0.750 bits per heavy atom. The Hall–Kier alpha value is 2.19. The van der Waals surface area contributed by atoms with E-state index in [0.717, 1.165) is 0 Å². The summed E-state index contributed by atoms with van der Waals surface area (Å²) in [7, 11) is 0. The molecule has 0 bridgehead atoms. The van der Waals surface area contributed by atoms with Crippen LogP contribution in [0.15, 0.2) is 0 Å². The van der Waals surface area contributed by atoms with E-state index in [2.05, 4.69) is 0 Å². The Morgan fingerprint density at radius 3 is 0.750 bits per heavy atom. The van der Waals surface area contributed by atoms with Crippen molar-refractivity contribution in [3.05, 3.63) is 0 Å². The summed E-state index contributed by atoms with van der Waals surface area (Å²) < 4.78 is 0. The third kappa shape index (κ3) is 8.89. The van der Waals surface area contributed by atoms with Crippen molar-refractivity contribution in [2.24, 2.45) is 0 Å². The van der Waals surface area contributed by atoms with Gasteiger partial charge in [-0.15, -0.1) is 0 Å². The molecule has 0 aromatic carbocycles. The topological polar surface area (TPSA) is 63.0 Å². The van der Waals surface area contributed by atoms with Gasteiger partial charge in [-0.2, -0.15) is 0 Å². The van der Waals surface area contributed by atoms with Gasteiger partial charge in [-0.3, -0.25) is 0 Å². The standard InChI is InChI=1S/K.2H2O.Os/h;2*1H2;/q+1;;;+4. The molecule has 0 aromatic heterocycles. The van der Waals surface area contributed by atoms with E-state index in [-0.39, 0.29) is 82.1 Å². The Kier molecular flexibility index (Phi) is 165. The summed E-state index contributed by atoms with van der Waals surface area (Å²) in [5.41, 5.74) is 0. The van der Waals surface area contributed by atoms with Crippen molar-refractivity contribution in [3.8, 4) is 0 Å². The van der Waals surface area contributed by atoms with Gasteiger partial charge >= 0.3 is 71.2 Å². The van der Waals surface area contributed by atoms with Crippen molar-refractivity contribution in [3.63, 3.8) is 0 Å². The van der Waals surface area contributed by atoms with Gasteiger partial charge in [0.05, 0.1) is 0 Å². The molecular weight excluding hydrogens is 261 g/mol. The molecule has 0 aliphatic rings. The average Bonchev–Trinajstić information content (AvgIpc) is 0. The van der Waals surface area contributed by atoms with Crippen molar-refractivity contribution in [2.75, 3.05) is 0 Å². The zero-order valence-electron chi connectivity index (χ0n) is 2.35. The molecule has 0 aliphatic heterocycles. The zero-order valence-corrected chi connectivity index (χ0v) is 8.02. The molecule has 0 rings (SSSR count). The maximum absolute atomic E-state index is 0. The SMILES string of the molecule is O.O.[K+].[Os+4]. The van der Waals surface area contributed by atoms with Gasteiger partial charge in [-0.05, 0) is 0 Å². The van der Waals surface area contributed by atoms with E-state index in [1.165, 1.54) is 0 Å². The molecule has 0 radical (unpaired) electrons. The molecular formula is H4KO2Os+5. The first kappa shape index (κ1) is 34.7. The van der Waals surface area contributed by atoms with Crippen LogP contribution in [0.25, 0.3) is 0 Å². The molecule has 0 aliphatic carbocycles. The molecule has 0 fully saturated rings. The van der Waals surface area contributed by atoms with Gasteiger partial charge in [0.1, 0.15) is 0 Å². The van der Waals surface area contributed by atoms with Gasteiger partial charge in [0.25, 0.3) is 0 Å². The molecule has 20 valence electrons. The molecule has 0 saturated carbocycles. The molecule has 4 heavy (non-hydrogen) atoms. The average molecular weight is 265 g/mol. The van der Waals surface area contributed by atoms with Crippen LogP contribution in [0.4, 0.5) is 0 Å². The van der Waals surface area contributed by atoms with E-state index < -0.39 is 0 Å². The second-order valence-corrected chi connectivity index (χ2v) is 0. The van der Waals surface area contributed by atoms with Crippen LogP contribution in [-0.4, -0.2) is 11.0 Å². The fourth-order valence-electron chi connectivity index (χ4n) is 0. The summed E-state index contributed by atoms with van der Waals surface area (Å²) in [6.07, 6.45) is 0. The molecule has 4 N–H and O–H groups in total. The van der Waals surface area contributed by atoms with Crippen LogP contribution in [0, 0.1) is 0 Å². The second kappa shape index (κ2) is 19.0. The van der Waals surface area contributed by atoms with Gasteiger partial charge in [-0.25, -0.2) is 0 Å². The fourth-order valence-corrected chi connectivity index (χ4v) is 0. The maximum Gasteiger partial charge on any atom is 4.00 e. The Bertz CT molecular complexity index is 6.00. The maximum atomic E-state index is 0. The van der Waals surface area contributed by atoms with Gasteiger partial charge in [0.15, 0.2) is 0 Å². The third-order valence-corrected chi connectivity index (χ3v) is 0. The van der Waals surface area contributed by atoms with Crippen molar-refractivity contribution in [1.29, 1.82) is 0 Å². The van der Waals surface area contributed by atoms with Gasteiger partial charge in [-0.1, -0.05) is 0 Å². The van der Waals surface area contributed by atoms with Crippen molar-refractivity contribution >= 4 is 0 Å². The van der Waals surface area contributed by atoms with E-state index >= 15 is 0 Å². The summed E-state index contributed by atoms with van der Waals surface area (Å²) in [6, 6.07) is 0. The minimum atomic E-state index is 0. The molecule has 4 heteroatoms. The summed E-state index contributed by atoms with van der Waals surface area (Å²) in [5, 5.41) is 0. The molecule has 0 aromatic rings. The van der Waals surface area contributed by atoms with Gasteiger partial charge < -0.3 is 11.0 Å². The summed E-state index contributed by atoms with van der Waals surface area (Å²) in [4.78, 5) is 0. The monoisotopic (exact) mass is 267 g/mol. The minimum Gasteiger partial charge on any atom is -0.412 e.